The van der Waals surface area contributed by atoms with Gasteiger partial charge in [0.25, 0.3) is 20.2 Å². The van der Waals surface area contributed by atoms with Crippen LogP contribution in [0.25, 0.3) is 0 Å². The van der Waals surface area contributed by atoms with E-state index in [0.29, 0.717) is 18.5 Å². The summed E-state index contributed by atoms with van der Waals surface area (Å²) >= 11 is 0. The van der Waals surface area contributed by atoms with Crippen LogP contribution in [-0.2, 0) is 25.7 Å². The van der Waals surface area contributed by atoms with Crippen LogP contribution in [0.4, 0.5) is 11.4 Å². The summed E-state index contributed by atoms with van der Waals surface area (Å²) in [6.45, 7) is 4.47. The molecule has 2 aromatic rings. The normalized spacial score (nSPS) is 18.2. The van der Waals surface area contributed by atoms with E-state index in [0.717, 1.165) is 17.1 Å². The zero-order valence-electron chi connectivity index (χ0n) is 19.0. The number of para-hydroxylation sites is 1. The fourth-order valence-corrected chi connectivity index (χ4v) is 5.30. The van der Waals surface area contributed by atoms with Gasteiger partial charge < -0.3 is 5.32 Å². The molecule has 1 heterocycles. The molecule has 3 rings (SSSR count). The molecule has 0 aromatic heterocycles. The molecule has 0 saturated carbocycles. The molecule has 0 radical (unpaired) electrons. The summed E-state index contributed by atoms with van der Waals surface area (Å²) in [5.74, 6) is -0.403. The second kappa shape index (κ2) is 12.0. The van der Waals surface area contributed by atoms with Gasteiger partial charge in [0.1, 0.15) is 6.54 Å². The van der Waals surface area contributed by atoms with Crippen molar-refractivity contribution in [3.63, 3.8) is 0 Å². The Hall–Kier alpha value is -1.79. The standard InChI is InChI=1S/C24H28N2O6S2.Na.H/c1-3-26-22-14-13-20(34(30,31)32)18-21(22)24(2,15-9-17-33(27,28)29)23(26)12-7-8-16-25-19-10-5-4-6-11-19;;/h4-8,10-14,16,18H,3,9,15,17H2,1-2H3,(H2,27,28,29,30,31,32);;/p+1. The monoisotopic (exact) mass is 529 g/mol. The summed E-state index contributed by atoms with van der Waals surface area (Å²) in [6.07, 6.45) is 7.90. The van der Waals surface area contributed by atoms with Crippen molar-refractivity contribution in [3.8, 4) is 0 Å². The third kappa shape index (κ3) is 7.36. The molecule has 1 aliphatic rings. The van der Waals surface area contributed by atoms with Crippen LogP contribution in [0.15, 0.2) is 77.9 Å². The second-order valence-electron chi connectivity index (χ2n) is 8.23. The summed E-state index contributed by atoms with van der Waals surface area (Å²) < 4.78 is 66.9. The van der Waals surface area contributed by atoms with Gasteiger partial charge in [0.05, 0.1) is 16.1 Å². The van der Waals surface area contributed by atoms with Crippen molar-refractivity contribution in [2.24, 2.45) is 0 Å². The molecule has 1 atom stereocenters. The number of anilines is 1. The molecule has 0 saturated heterocycles. The van der Waals surface area contributed by atoms with Gasteiger partial charge in [0.15, 0.2) is 5.71 Å². The van der Waals surface area contributed by atoms with Crippen molar-refractivity contribution in [1.82, 2.24) is 0 Å². The first-order chi connectivity index (χ1) is 16.0. The van der Waals surface area contributed by atoms with Gasteiger partial charge in [-0.05, 0) is 57.0 Å². The molecule has 0 amide bonds. The molecule has 184 valence electrons. The molecule has 1 aliphatic heterocycles. The van der Waals surface area contributed by atoms with Crippen molar-refractivity contribution in [1.29, 1.82) is 0 Å². The average molecular weight is 530 g/mol. The van der Waals surface area contributed by atoms with Gasteiger partial charge in [-0.2, -0.15) is 21.4 Å². The van der Waals surface area contributed by atoms with Gasteiger partial charge in [0, 0.05) is 29.6 Å². The topological polar surface area (TPSA) is 124 Å². The van der Waals surface area contributed by atoms with Crippen LogP contribution in [0.1, 0.15) is 32.3 Å². The van der Waals surface area contributed by atoms with E-state index in [1.807, 2.05) is 67.0 Å². The second-order valence-corrected chi connectivity index (χ2v) is 11.2. The predicted molar refractivity (Wildman–Crippen MR) is 140 cm³/mol. The van der Waals surface area contributed by atoms with E-state index >= 15 is 0 Å². The average Bonchev–Trinajstić information content (AvgIpc) is 3.00. The Bertz CT molecular complexity index is 1350. The fourth-order valence-electron chi connectivity index (χ4n) is 4.28. The molecule has 0 fully saturated rings. The Kier molecular flexibility index (Phi) is 10.1. The molecule has 2 aromatic carbocycles. The van der Waals surface area contributed by atoms with Crippen molar-refractivity contribution < 1.29 is 30.5 Å². The van der Waals surface area contributed by atoms with E-state index in [1.54, 1.807) is 12.3 Å². The van der Waals surface area contributed by atoms with Crippen molar-refractivity contribution in [2.75, 3.05) is 17.6 Å². The van der Waals surface area contributed by atoms with Crippen LogP contribution >= 0.6 is 0 Å². The summed E-state index contributed by atoms with van der Waals surface area (Å²) in [7, 11) is -8.55. The molecule has 0 bridgehead atoms. The number of hydrogen-bond donors (Lipinski definition) is 3. The summed E-state index contributed by atoms with van der Waals surface area (Å²) in [6, 6.07) is 14.1. The van der Waals surface area contributed by atoms with Gasteiger partial charge in [-0.1, -0.05) is 24.3 Å². The molecule has 0 aliphatic carbocycles. The summed E-state index contributed by atoms with van der Waals surface area (Å²) in [5, 5.41) is 3.16. The van der Waals surface area contributed by atoms with Crippen LogP contribution in [0.3, 0.4) is 0 Å². The number of allylic oxidation sites excluding steroid dienone is 3. The minimum atomic E-state index is -4.41. The first-order valence-electron chi connectivity index (χ1n) is 10.8. The molecular weight excluding hydrogens is 499 g/mol. The Labute approximate surface area is 229 Å². The first kappa shape index (κ1) is 29.4. The molecular formula is C24H30N2NaO6S2+. The maximum absolute atomic E-state index is 11.8. The summed E-state index contributed by atoms with van der Waals surface area (Å²) in [5.41, 5.74) is 2.52. The molecule has 11 heteroatoms. The molecule has 0 spiro atoms. The van der Waals surface area contributed by atoms with E-state index in [4.69, 9.17) is 0 Å². The zero-order valence-corrected chi connectivity index (χ0v) is 20.7. The molecule has 8 nitrogen and oxygen atoms in total. The van der Waals surface area contributed by atoms with Crippen LogP contribution in [-0.4, -0.2) is 78.1 Å². The van der Waals surface area contributed by atoms with Crippen molar-refractivity contribution in [2.45, 2.75) is 37.0 Å². The first-order valence-corrected chi connectivity index (χ1v) is 13.9. The fraction of sp³-hybridized carbons (Fsp3) is 0.292. The van der Waals surface area contributed by atoms with Crippen LogP contribution in [0.2, 0.25) is 0 Å². The summed E-state index contributed by atoms with van der Waals surface area (Å²) in [4.78, 5) is -0.222. The number of benzene rings is 2. The Balaban J connectivity index is 0.00000432. The van der Waals surface area contributed by atoms with Gasteiger partial charge in [-0.25, -0.2) is 0 Å². The van der Waals surface area contributed by atoms with Crippen molar-refractivity contribution in [3.05, 3.63) is 78.5 Å². The van der Waals surface area contributed by atoms with Crippen LogP contribution in [0.5, 0.6) is 0 Å². The van der Waals surface area contributed by atoms with Crippen LogP contribution in [0, 0.1) is 0 Å². The van der Waals surface area contributed by atoms with E-state index in [2.05, 4.69) is 5.32 Å². The van der Waals surface area contributed by atoms with Gasteiger partial charge in [-0.3, -0.25) is 9.11 Å². The van der Waals surface area contributed by atoms with E-state index in [-0.39, 0.29) is 40.9 Å². The Morgan fingerprint density at radius 1 is 1.03 bits per heavy atom. The molecule has 35 heavy (non-hydrogen) atoms. The quantitative estimate of drug-likeness (QED) is 0.186. The number of nitrogens with zero attached hydrogens (tertiary/aromatic N) is 1. The SMILES string of the molecule is CC[N+]1=C(/C=C/C=C/Nc2ccccc2)C(C)(CCCS(=O)(=O)O)c2cc(S(=O)(=O)O)ccc21.[NaH]. The van der Waals surface area contributed by atoms with E-state index < -0.39 is 31.4 Å². The van der Waals surface area contributed by atoms with Gasteiger partial charge in [-0.15, -0.1) is 0 Å². The number of nitrogens with one attached hydrogen (secondary N) is 1. The number of hydrogen-bond acceptors (Lipinski definition) is 5. The van der Waals surface area contributed by atoms with E-state index in [9.17, 15) is 25.9 Å². The third-order valence-corrected chi connectivity index (χ3v) is 7.54. The predicted octanol–water partition coefficient (Wildman–Crippen LogP) is 3.51. The molecule has 1 unspecified atom stereocenters. The maximum atomic E-state index is 11.8. The van der Waals surface area contributed by atoms with Crippen molar-refractivity contribution >= 4 is 66.9 Å². The third-order valence-electron chi connectivity index (χ3n) is 5.89. The Morgan fingerprint density at radius 3 is 2.31 bits per heavy atom. The minimum absolute atomic E-state index is 0. The Morgan fingerprint density at radius 2 is 1.71 bits per heavy atom. The number of rotatable bonds is 10. The zero-order chi connectivity index (χ0) is 25.0. The van der Waals surface area contributed by atoms with Gasteiger partial charge in [0.2, 0.25) is 5.69 Å². The van der Waals surface area contributed by atoms with Gasteiger partial charge >= 0.3 is 29.6 Å². The molecule has 3 N–H and O–H groups in total. The number of fused-ring (bicyclic) bond motifs is 1. The van der Waals surface area contributed by atoms with Crippen LogP contribution < -0.4 is 5.32 Å². The van der Waals surface area contributed by atoms with E-state index in [1.165, 1.54) is 12.1 Å².